The molecule has 0 amide bonds. The lowest BCUT2D eigenvalue weighted by atomic mass is 9.79. The van der Waals surface area contributed by atoms with Gasteiger partial charge in [0.15, 0.2) is 8.32 Å². The first-order chi connectivity index (χ1) is 8.91. The molecule has 1 aliphatic rings. The van der Waals surface area contributed by atoms with Gasteiger partial charge in [0, 0.05) is 18.8 Å². The van der Waals surface area contributed by atoms with Crippen LogP contribution in [-0.4, -0.2) is 31.8 Å². The first-order valence-corrected chi connectivity index (χ1v) is 10.7. The third-order valence-corrected chi connectivity index (χ3v) is 5.15. The summed E-state index contributed by atoms with van der Waals surface area (Å²) in [5.74, 6) is -0.534. The third-order valence-electron chi connectivity index (χ3n) is 4.08. The summed E-state index contributed by atoms with van der Waals surface area (Å²) in [6, 6.07) is 0. The van der Waals surface area contributed by atoms with Crippen LogP contribution in [0.4, 0.5) is 0 Å². The number of carbonyl (C=O) groups excluding carboxylic acids is 2. The molecule has 0 aromatic carbocycles. The Morgan fingerprint density at radius 3 is 2.30 bits per heavy atom. The zero-order valence-corrected chi connectivity index (χ0v) is 14.8. The molecule has 0 aliphatic heterocycles. The van der Waals surface area contributed by atoms with Crippen molar-refractivity contribution in [3.8, 4) is 0 Å². The maximum Gasteiger partial charge on any atom is 0.303 e. The highest BCUT2D eigenvalue weighted by atomic mass is 28.4. The summed E-state index contributed by atoms with van der Waals surface area (Å²) in [5, 5.41) is 0. The Hall–Kier alpha value is -0.683. The average molecular weight is 300 g/mol. The number of aldehydes is 1. The van der Waals surface area contributed by atoms with Crippen molar-refractivity contribution in [1.82, 2.24) is 0 Å². The molecular formula is C15H28O4Si. The Kier molecular flexibility index (Phi) is 4.86. The highest BCUT2D eigenvalue weighted by molar-refractivity contribution is 6.69. The van der Waals surface area contributed by atoms with Gasteiger partial charge in [-0.1, -0.05) is 0 Å². The van der Waals surface area contributed by atoms with Crippen molar-refractivity contribution in [3.63, 3.8) is 0 Å². The molecule has 116 valence electrons. The predicted molar refractivity (Wildman–Crippen MR) is 81.0 cm³/mol. The van der Waals surface area contributed by atoms with E-state index >= 15 is 0 Å². The Bertz CT molecular complexity index is 386. The van der Waals surface area contributed by atoms with E-state index in [4.69, 9.17) is 9.16 Å². The summed E-state index contributed by atoms with van der Waals surface area (Å²) >= 11 is 0. The maximum absolute atomic E-state index is 11.6. The second kappa shape index (κ2) is 5.60. The second-order valence-corrected chi connectivity index (χ2v) is 12.0. The quantitative estimate of drug-likeness (QED) is 0.444. The molecule has 4 nitrogen and oxygen atoms in total. The molecule has 20 heavy (non-hydrogen) atoms. The van der Waals surface area contributed by atoms with Crippen molar-refractivity contribution >= 4 is 20.6 Å². The molecule has 0 radical (unpaired) electrons. The van der Waals surface area contributed by atoms with Gasteiger partial charge >= 0.3 is 5.97 Å². The molecule has 3 atom stereocenters. The lowest BCUT2D eigenvalue weighted by molar-refractivity contribution is -0.162. The van der Waals surface area contributed by atoms with E-state index in [2.05, 4.69) is 19.6 Å². The minimum atomic E-state index is -1.74. The van der Waals surface area contributed by atoms with Crippen LogP contribution in [0.1, 0.15) is 40.5 Å². The van der Waals surface area contributed by atoms with Crippen molar-refractivity contribution < 1.29 is 18.8 Å². The number of ether oxygens (including phenoxy) is 1. The van der Waals surface area contributed by atoms with E-state index in [-0.39, 0.29) is 17.8 Å². The molecule has 0 aromatic rings. The molecular weight excluding hydrogens is 272 g/mol. The number of esters is 1. The van der Waals surface area contributed by atoms with E-state index in [9.17, 15) is 9.59 Å². The average Bonchev–Trinajstić information content (AvgIpc) is 2.50. The number of hydrogen-bond acceptors (Lipinski definition) is 4. The monoisotopic (exact) mass is 300 g/mol. The zero-order valence-electron chi connectivity index (χ0n) is 13.8. The largest absolute Gasteiger partial charge is 0.460 e. The summed E-state index contributed by atoms with van der Waals surface area (Å²) in [6.07, 6.45) is 2.66. The fourth-order valence-electron chi connectivity index (χ4n) is 3.50. The second-order valence-electron chi connectivity index (χ2n) is 7.53. The van der Waals surface area contributed by atoms with E-state index < -0.39 is 19.5 Å². The van der Waals surface area contributed by atoms with E-state index in [0.29, 0.717) is 0 Å². The van der Waals surface area contributed by atoms with Gasteiger partial charge in [-0.05, 0) is 53.3 Å². The lowest BCUT2D eigenvalue weighted by Crippen LogP contribution is -2.48. The van der Waals surface area contributed by atoms with Crippen molar-refractivity contribution in [2.45, 2.75) is 71.4 Å². The summed E-state index contributed by atoms with van der Waals surface area (Å²) < 4.78 is 11.7. The number of rotatable bonds is 5. The van der Waals surface area contributed by atoms with Gasteiger partial charge in [-0.3, -0.25) is 4.79 Å². The fraction of sp³-hybridized carbons (Fsp3) is 0.867. The van der Waals surface area contributed by atoms with Gasteiger partial charge in [0.25, 0.3) is 0 Å². The summed E-state index contributed by atoms with van der Waals surface area (Å²) in [4.78, 5) is 22.9. The van der Waals surface area contributed by atoms with Gasteiger partial charge < -0.3 is 14.0 Å². The van der Waals surface area contributed by atoms with Crippen LogP contribution in [0, 0.1) is 11.8 Å². The predicted octanol–water partition coefficient (Wildman–Crippen LogP) is 3.16. The van der Waals surface area contributed by atoms with Crippen LogP contribution in [0.3, 0.4) is 0 Å². The molecule has 3 unspecified atom stereocenters. The first kappa shape index (κ1) is 17.4. The van der Waals surface area contributed by atoms with Gasteiger partial charge in [-0.2, -0.15) is 0 Å². The maximum atomic E-state index is 11.6. The summed E-state index contributed by atoms with van der Waals surface area (Å²) in [7, 11) is -1.74. The molecule has 5 heteroatoms. The van der Waals surface area contributed by atoms with Crippen molar-refractivity contribution in [1.29, 1.82) is 0 Å². The molecule has 0 saturated heterocycles. The Balaban J connectivity index is 2.98. The van der Waals surface area contributed by atoms with Crippen molar-refractivity contribution in [2.24, 2.45) is 11.8 Å². The van der Waals surface area contributed by atoms with Gasteiger partial charge in [-0.25, -0.2) is 0 Å². The first-order valence-electron chi connectivity index (χ1n) is 7.26. The van der Waals surface area contributed by atoms with E-state index in [1.807, 2.05) is 20.8 Å². The topological polar surface area (TPSA) is 52.6 Å². The van der Waals surface area contributed by atoms with Crippen molar-refractivity contribution in [3.05, 3.63) is 0 Å². The molecule has 0 spiro atoms. The van der Waals surface area contributed by atoms with Gasteiger partial charge in [0.2, 0.25) is 0 Å². The van der Waals surface area contributed by atoms with Crippen molar-refractivity contribution in [2.75, 3.05) is 0 Å². The van der Waals surface area contributed by atoms with Gasteiger partial charge in [-0.15, -0.1) is 0 Å². The van der Waals surface area contributed by atoms with E-state index in [1.54, 1.807) is 0 Å². The minimum Gasteiger partial charge on any atom is -0.460 e. The van der Waals surface area contributed by atoms with Crippen LogP contribution in [-0.2, 0) is 18.8 Å². The Morgan fingerprint density at radius 1 is 1.35 bits per heavy atom. The standard InChI is InChI=1S/C15H28O4Si/c1-11(17)18-14(2,3)12-8-9-15(4,13(12)10-16)19-20(5,6)7/h10,12-13H,8-9H2,1-7H3. The minimum absolute atomic E-state index is 0.00486. The molecule has 1 aliphatic carbocycles. The molecule has 0 heterocycles. The van der Waals surface area contributed by atoms with E-state index in [1.165, 1.54) is 6.92 Å². The Morgan fingerprint density at radius 2 is 1.90 bits per heavy atom. The van der Waals surface area contributed by atoms with Crippen LogP contribution < -0.4 is 0 Å². The molecule has 0 bridgehead atoms. The highest BCUT2D eigenvalue weighted by Crippen LogP contribution is 2.48. The SMILES string of the molecule is CC(=O)OC(C)(C)C1CCC(C)(O[Si](C)(C)C)C1C=O. The van der Waals surface area contributed by atoms with Crippen LogP contribution in [0.5, 0.6) is 0 Å². The molecule has 1 rings (SSSR count). The van der Waals surface area contributed by atoms with Gasteiger partial charge in [0.1, 0.15) is 11.9 Å². The van der Waals surface area contributed by atoms with Crippen LogP contribution in [0.15, 0.2) is 0 Å². The number of carbonyl (C=O) groups is 2. The molecule has 1 saturated carbocycles. The Labute approximate surface area is 123 Å². The van der Waals surface area contributed by atoms with Crippen LogP contribution in [0.2, 0.25) is 19.6 Å². The van der Waals surface area contributed by atoms with Gasteiger partial charge in [0.05, 0.1) is 5.60 Å². The summed E-state index contributed by atoms with van der Waals surface area (Å²) in [6.45, 7) is 13.6. The highest BCUT2D eigenvalue weighted by Gasteiger charge is 2.53. The third kappa shape index (κ3) is 3.91. The lowest BCUT2D eigenvalue weighted by Gasteiger charge is -2.40. The fourth-order valence-corrected chi connectivity index (χ4v) is 5.13. The smallest absolute Gasteiger partial charge is 0.303 e. The molecule has 0 N–H and O–H groups in total. The van der Waals surface area contributed by atoms with Crippen LogP contribution in [0.25, 0.3) is 0 Å². The van der Waals surface area contributed by atoms with Crippen LogP contribution >= 0.6 is 0 Å². The zero-order chi connectivity index (χ0) is 15.8. The normalized spacial score (nSPS) is 31.1. The van der Waals surface area contributed by atoms with E-state index in [0.717, 1.165) is 19.1 Å². The molecule has 0 aromatic heterocycles. The number of hydrogen-bond donors (Lipinski definition) is 0. The molecule has 1 fully saturated rings. The summed E-state index contributed by atoms with van der Waals surface area (Å²) in [5.41, 5.74) is -1.08.